The van der Waals surface area contributed by atoms with Crippen molar-refractivity contribution in [2.45, 2.75) is 70.1 Å². The third kappa shape index (κ3) is 9.79. The molecule has 11 nitrogen and oxygen atoms in total. The van der Waals surface area contributed by atoms with E-state index in [1.54, 1.807) is 12.4 Å². The van der Waals surface area contributed by atoms with Crippen LogP contribution in [0.5, 0.6) is 0 Å². The summed E-state index contributed by atoms with van der Waals surface area (Å²) in [6.07, 6.45) is 6.86. The molecule has 2 aliphatic rings. The fraction of sp³-hybridized carbons (Fsp3) is 0.471. The van der Waals surface area contributed by atoms with E-state index in [-0.39, 0.29) is 31.1 Å². The van der Waals surface area contributed by atoms with Gasteiger partial charge in [-0.25, -0.2) is 9.97 Å². The van der Waals surface area contributed by atoms with Gasteiger partial charge in [0.05, 0.1) is 18.8 Å². The summed E-state index contributed by atoms with van der Waals surface area (Å²) in [6.45, 7) is 4.18. The fourth-order valence-electron chi connectivity index (χ4n) is 5.81. The normalized spacial score (nSPS) is 20.6. The molecule has 1 amide bonds. The molecule has 3 N–H and O–H groups in total. The van der Waals surface area contributed by atoms with Gasteiger partial charge in [0, 0.05) is 75.6 Å². The number of piperazine rings is 1. The number of aliphatic hydroxyl groups excluding tert-OH is 1. The van der Waals surface area contributed by atoms with Crippen LogP contribution in [0.2, 0.25) is 0 Å². The Morgan fingerprint density at radius 3 is 2.31 bits per heavy atom. The van der Waals surface area contributed by atoms with E-state index in [2.05, 4.69) is 25.1 Å². The second-order valence-electron chi connectivity index (χ2n) is 11.7. The summed E-state index contributed by atoms with van der Waals surface area (Å²) in [5, 5.41) is 21.3. The molecule has 45 heavy (non-hydrogen) atoms. The number of aromatic nitrogens is 2. The number of carbonyl (C=O) groups excluding carboxylic acids is 1. The number of nitrogens with zero attached hydrogens (tertiary/aromatic N) is 4. The molecule has 0 bridgehead atoms. The van der Waals surface area contributed by atoms with E-state index >= 15 is 0 Å². The highest BCUT2D eigenvalue weighted by Gasteiger charge is 2.34. The van der Waals surface area contributed by atoms with Gasteiger partial charge in [0.2, 0.25) is 11.9 Å². The SMILES string of the molecule is O=C(O)CCCCCCC(=O)Nc1cccc([C@@H]2O[C@H](CN3CCN(c4ncccn4)CC3)C[C@H](c3ccc(CO)cc3)O2)c1. The van der Waals surface area contributed by atoms with Gasteiger partial charge in [-0.1, -0.05) is 49.2 Å². The topological polar surface area (TPSA) is 137 Å². The zero-order valence-electron chi connectivity index (χ0n) is 25.6. The monoisotopic (exact) mass is 617 g/mol. The van der Waals surface area contributed by atoms with Gasteiger partial charge in [-0.3, -0.25) is 14.5 Å². The molecule has 1 aromatic heterocycles. The number of carboxylic acids is 1. The second-order valence-corrected chi connectivity index (χ2v) is 11.7. The van der Waals surface area contributed by atoms with Crippen LogP contribution in [-0.4, -0.2) is 75.8 Å². The van der Waals surface area contributed by atoms with Crippen LogP contribution in [0.1, 0.15) is 74.0 Å². The zero-order valence-corrected chi connectivity index (χ0v) is 25.6. The van der Waals surface area contributed by atoms with Gasteiger partial charge in [-0.05, 0) is 42.2 Å². The molecule has 2 saturated heterocycles. The maximum atomic E-state index is 12.6. The molecular weight excluding hydrogens is 574 g/mol. The van der Waals surface area contributed by atoms with Crippen LogP contribution in [0.25, 0.3) is 0 Å². The standard InChI is InChI=1S/C34H43N5O6/c40-24-25-11-13-26(14-12-25)30-22-29(23-38-17-19-39(20-18-38)34-35-15-6-16-36-34)44-33(45-30)27-7-5-8-28(21-27)37-31(41)9-3-1-2-4-10-32(42)43/h5-8,11-16,21,29-30,33,40H,1-4,9-10,17-20,22-24H2,(H,37,41)(H,42,43)/t29-,30+,33+/m0/s1. The molecule has 5 rings (SSSR count). The van der Waals surface area contributed by atoms with E-state index in [0.29, 0.717) is 31.4 Å². The number of anilines is 2. The van der Waals surface area contributed by atoms with Crippen LogP contribution in [0.15, 0.2) is 67.0 Å². The first-order valence-corrected chi connectivity index (χ1v) is 15.8. The molecule has 3 atom stereocenters. The maximum absolute atomic E-state index is 12.6. The van der Waals surface area contributed by atoms with Crippen molar-refractivity contribution >= 4 is 23.5 Å². The molecule has 0 spiro atoms. The third-order valence-corrected chi connectivity index (χ3v) is 8.27. The van der Waals surface area contributed by atoms with Gasteiger partial charge in [-0.2, -0.15) is 0 Å². The van der Waals surface area contributed by atoms with E-state index in [0.717, 1.165) is 68.2 Å². The van der Waals surface area contributed by atoms with E-state index in [4.69, 9.17) is 14.6 Å². The van der Waals surface area contributed by atoms with Gasteiger partial charge < -0.3 is 29.9 Å². The highest BCUT2D eigenvalue weighted by molar-refractivity contribution is 5.90. The third-order valence-electron chi connectivity index (χ3n) is 8.27. The molecule has 0 saturated carbocycles. The number of aliphatic carboxylic acids is 1. The number of nitrogens with one attached hydrogen (secondary N) is 1. The van der Waals surface area contributed by atoms with Crippen molar-refractivity contribution in [2.75, 3.05) is 42.9 Å². The fourth-order valence-corrected chi connectivity index (χ4v) is 5.81. The average Bonchev–Trinajstić information content (AvgIpc) is 3.07. The quantitative estimate of drug-likeness (QED) is 0.218. The Hall–Kier alpha value is -3.90. The summed E-state index contributed by atoms with van der Waals surface area (Å²) < 4.78 is 13.1. The summed E-state index contributed by atoms with van der Waals surface area (Å²) in [5.41, 5.74) is 3.39. The van der Waals surface area contributed by atoms with Gasteiger partial charge in [-0.15, -0.1) is 0 Å². The molecule has 2 fully saturated rings. The largest absolute Gasteiger partial charge is 0.481 e. The molecule has 0 aliphatic carbocycles. The van der Waals surface area contributed by atoms with Crippen LogP contribution in [0.3, 0.4) is 0 Å². The van der Waals surface area contributed by atoms with Crippen molar-refractivity contribution in [3.8, 4) is 0 Å². The number of benzene rings is 2. The zero-order chi connectivity index (χ0) is 31.4. The predicted molar refractivity (Wildman–Crippen MR) is 170 cm³/mol. The number of rotatable bonds is 14. The Bertz CT molecular complexity index is 1370. The number of unbranched alkanes of at least 4 members (excludes halogenated alkanes) is 3. The van der Waals surface area contributed by atoms with Gasteiger partial charge >= 0.3 is 5.97 Å². The van der Waals surface area contributed by atoms with Gasteiger partial charge in [0.1, 0.15) is 0 Å². The Kier molecular flexibility index (Phi) is 11.9. The molecule has 3 heterocycles. The average molecular weight is 618 g/mol. The van der Waals surface area contributed by atoms with Crippen LogP contribution >= 0.6 is 0 Å². The van der Waals surface area contributed by atoms with Crippen molar-refractivity contribution in [3.63, 3.8) is 0 Å². The summed E-state index contributed by atoms with van der Waals surface area (Å²) >= 11 is 0. The summed E-state index contributed by atoms with van der Waals surface area (Å²) in [7, 11) is 0. The van der Waals surface area contributed by atoms with Crippen molar-refractivity contribution in [1.82, 2.24) is 14.9 Å². The highest BCUT2D eigenvalue weighted by atomic mass is 16.7. The van der Waals surface area contributed by atoms with Gasteiger partial charge in [0.25, 0.3) is 0 Å². The molecule has 2 aliphatic heterocycles. The van der Waals surface area contributed by atoms with Crippen molar-refractivity contribution in [2.24, 2.45) is 0 Å². The summed E-state index contributed by atoms with van der Waals surface area (Å²) in [5.74, 6) is -0.0997. The molecular formula is C34H43N5O6. The summed E-state index contributed by atoms with van der Waals surface area (Å²) in [6, 6.07) is 17.3. The van der Waals surface area contributed by atoms with Gasteiger partial charge in [0.15, 0.2) is 6.29 Å². The number of hydrogen-bond acceptors (Lipinski definition) is 9. The van der Waals surface area contributed by atoms with E-state index in [9.17, 15) is 14.7 Å². The Morgan fingerprint density at radius 1 is 0.867 bits per heavy atom. The van der Waals surface area contributed by atoms with E-state index in [1.807, 2.05) is 54.6 Å². The Balaban J connectivity index is 1.21. The lowest BCUT2D eigenvalue weighted by atomic mass is 9.99. The molecule has 11 heteroatoms. The van der Waals surface area contributed by atoms with Crippen LogP contribution in [0, 0.1) is 0 Å². The first kappa shape index (κ1) is 32.5. The van der Waals surface area contributed by atoms with Crippen molar-refractivity contribution in [1.29, 1.82) is 0 Å². The lowest BCUT2D eigenvalue weighted by Crippen LogP contribution is -2.50. The van der Waals surface area contributed by atoms with Crippen LogP contribution in [0.4, 0.5) is 11.6 Å². The minimum Gasteiger partial charge on any atom is -0.481 e. The van der Waals surface area contributed by atoms with Crippen LogP contribution in [-0.2, 0) is 25.7 Å². The Labute approximate surface area is 264 Å². The summed E-state index contributed by atoms with van der Waals surface area (Å²) in [4.78, 5) is 36.7. The van der Waals surface area contributed by atoms with Crippen molar-refractivity contribution in [3.05, 3.63) is 83.7 Å². The van der Waals surface area contributed by atoms with E-state index < -0.39 is 12.3 Å². The predicted octanol–water partition coefficient (Wildman–Crippen LogP) is 4.70. The van der Waals surface area contributed by atoms with Crippen molar-refractivity contribution < 1.29 is 29.3 Å². The first-order valence-electron chi connectivity index (χ1n) is 15.8. The molecule has 240 valence electrons. The Morgan fingerprint density at radius 2 is 1.60 bits per heavy atom. The number of aliphatic hydroxyl groups is 1. The lowest BCUT2D eigenvalue weighted by Gasteiger charge is -2.40. The lowest BCUT2D eigenvalue weighted by molar-refractivity contribution is -0.253. The second kappa shape index (κ2) is 16.4. The number of carboxylic acid groups (broad SMARTS) is 1. The molecule has 2 aromatic carbocycles. The molecule has 0 radical (unpaired) electrons. The highest BCUT2D eigenvalue weighted by Crippen LogP contribution is 2.38. The number of amides is 1. The number of carbonyl (C=O) groups is 2. The number of ether oxygens (including phenoxy) is 2. The first-order chi connectivity index (χ1) is 22.0. The molecule has 0 unspecified atom stereocenters. The minimum atomic E-state index is -0.784. The minimum absolute atomic E-state index is 0.0105. The van der Waals surface area contributed by atoms with E-state index in [1.165, 1.54) is 0 Å². The maximum Gasteiger partial charge on any atom is 0.303 e. The smallest absolute Gasteiger partial charge is 0.303 e. The molecule has 3 aromatic rings. The van der Waals surface area contributed by atoms with Crippen LogP contribution < -0.4 is 10.2 Å². The number of hydrogen-bond donors (Lipinski definition) is 3.